The Morgan fingerprint density at radius 2 is 1.41 bits per heavy atom. The third kappa shape index (κ3) is 13.3. The summed E-state index contributed by atoms with van der Waals surface area (Å²) in [4.78, 5) is 75.9. The van der Waals surface area contributed by atoms with Gasteiger partial charge in [0.25, 0.3) is 9.70 Å². The lowest BCUT2D eigenvalue weighted by atomic mass is 9.94. The van der Waals surface area contributed by atoms with E-state index in [1.54, 1.807) is 54.6 Å². The lowest BCUT2D eigenvalue weighted by molar-refractivity contribution is -0.372. The molecule has 3 saturated heterocycles. The molecule has 18 nitrogen and oxygen atoms in total. The fraction of sp³-hybridized carbons (Fsp3) is 0.538. The van der Waals surface area contributed by atoms with Gasteiger partial charge in [-0.1, -0.05) is 65.1 Å². The van der Waals surface area contributed by atoms with Gasteiger partial charge in [-0.25, -0.2) is 0 Å². The molecule has 3 aliphatic heterocycles. The third-order valence-corrected chi connectivity index (χ3v) is 9.96. The molecular weight excluding hydrogens is 896 g/mol. The third-order valence-electron chi connectivity index (χ3n) is 9.23. The molecule has 61 heavy (non-hydrogen) atoms. The normalized spacial score (nSPS) is 28.6. The number of hydrogen-bond donors (Lipinski definition) is 1. The zero-order valence-corrected chi connectivity index (χ0v) is 36.1. The first kappa shape index (κ1) is 48.1. The molecular formula is C39H43Cl4NO17. The van der Waals surface area contributed by atoms with Gasteiger partial charge in [0.05, 0.1) is 20.1 Å². The SMILES string of the molecule is COc1ccc(O[C@H]2O[C@@H]3COC(c4ccccc4)O[C@H]3[C@@H](O[C@@H]3O[C@H](COC(=O)CCC(C)=O)[C@@H](OC(=O)CCl)[C@H](OC(C)=O)[C@H]3OC(C)=O)[C@H]2NC(=O)C(Cl)(Cl)Cl)cc1. The number of esters is 4. The van der Waals surface area contributed by atoms with Crippen molar-refractivity contribution < 1.29 is 80.9 Å². The Balaban J connectivity index is 1.61. The fourth-order valence-electron chi connectivity index (χ4n) is 6.56. The molecule has 0 aliphatic carbocycles. The lowest BCUT2D eigenvalue weighted by Crippen LogP contribution is -2.71. The van der Waals surface area contributed by atoms with Crippen LogP contribution in [0, 0.1) is 0 Å². The summed E-state index contributed by atoms with van der Waals surface area (Å²) >= 11 is 23.9. The van der Waals surface area contributed by atoms with E-state index in [4.69, 9.17) is 98.5 Å². The second-order valence-electron chi connectivity index (χ2n) is 13.8. The molecule has 334 valence electrons. The lowest BCUT2D eigenvalue weighted by Gasteiger charge is -2.51. The minimum atomic E-state index is -2.53. The van der Waals surface area contributed by atoms with E-state index in [9.17, 15) is 28.8 Å². The number of rotatable bonds is 16. The van der Waals surface area contributed by atoms with E-state index in [0.717, 1.165) is 13.8 Å². The molecule has 3 fully saturated rings. The van der Waals surface area contributed by atoms with E-state index in [1.807, 2.05) is 0 Å². The number of amides is 1. The highest BCUT2D eigenvalue weighted by atomic mass is 35.6. The maximum atomic E-state index is 13.5. The number of ketones is 1. The number of carbonyl (C=O) groups excluding carboxylic acids is 6. The molecule has 0 radical (unpaired) electrons. The number of halogens is 4. The number of fused-ring (bicyclic) bond motifs is 1. The van der Waals surface area contributed by atoms with Gasteiger partial charge in [-0.2, -0.15) is 0 Å². The molecule has 2 aromatic rings. The summed E-state index contributed by atoms with van der Waals surface area (Å²) in [7, 11) is 1.48. The highest BCUT2D eigenvalue weighted by Gasteiger charge is 2.58. The maximum absolute atomic E-state index is 13.5. The van der Waals surface area contributed by atoms with Crippen LogP contribution in [0.3, 0.4) is 0 Å². The Labute approximate surface area is 369 Å². The van der Waals surface area contributed by atoms with Gasteiger partial charge < -0.3 is 62.2 Å². The smallest absolute Gasteiger partial charge is 0.321 e. The van der Waals surface area contributed by atoms with E-state index in [1.165, 1.54) is 14.0 Å². The summed E-state index contributed by atoms with van der Waals surface area (Å²) in [5.74, 6) is -5.04. The Morgan fingerprint density at radius 3 is 2.02 bits per heavy atom. The molecule has 1 unspecified atom stereocenters. The number of carbonyl (C=O) groups is 6. The largest absolute Gasteiger partial charge is 0.497 e. The average Bonchev–Trinajstić information content (AvgIpc) is 3.22. The summed E-state index contributed by atoms with van der Waals surface area (Å²) < 4.78 is 63.1. The second-order valence-corrected chi connectivity index (χ2v) is 16.3. The van der Waals surface area contributed by atoms with Gasteiger partial charge in [-0.05, 0) is 31.2 Å². The summed E-state index contributed by atoms with van der Waals surface area (Å²) in [6.45, 7) is 2.59. The summed E-state index contributed by atoms with van der Waals surface area (Å²) in [6.07, 6.45) is -15.0. The van der Waals surface area contributed by atoms with E-state index in [2.05, 4.69) is 5.32 Å². The standard InChI is InChI=1S/C39H43Cl4NO17/c1-19(45)10-15-27(48)52-17-25-31(59-28(49)16-40)33(54-20(2)46)34(55-21(3)47)37(58-25)61-32-29(44-38(50)39(41,42)43)36(56-24-13-11-23(51-4)12-14-24)57-26-18-53-35(60-30(26)32)22-8-6-5-7-9-22/h5-9,11-14,25-26,29-37H,10,15-18H2,1-4H3,(H,44,50)/t25-,26-,29-,30-,31-,32+,33+,34-,35?,36+,37+/m1/s1. The van der Waals surface area contributed by atoms with Gasteiger partial charge in [0, 0.05) is 25.8 Å². The number of nitrogens with one attached hydrogen (secondary N) is 1. The van der Waals surface area contributed by atoms with Crippen molar-refractivity contribution >= 4 is 82.0 Å². The van der Waals surface area contributed by atoms with Crippen molar-refractivity contribution in [2.45, 2.75) is 105 Å². The van der Waals surface area contributed by atoms with Crippen molar-refractivity contribution in [2.75, 3.05) is 26.2 Å². The first-order valence-electron chi connectivity index (χ1n) is 18.7. The molecule has 11 atom stereocenters. The van der Waals surface area contributed by atoms with Crippen molar-refractivity contribution in [3.8, 4) is 11.5 Å². The second kappa shape index (κ2) is 21.9. The van der Waals surface area contributed by atoms with E-state index >= 15 is 0 Å². The molecule has 1 amide bonds. The van der Waals surface area contributed by atoms with Crippen molar-refractivity contribution in [2.24, 2.45) is 0 Å². The fourth-order valence-corrected chi connectivity index (χ4v) is 6.79. The molecule has 2 aromatic carbocycles. The van der Waals surface area contributed by atoms with Crippen LogP contribution in [0.15, 0.2) is 54.6 Å². The number of alkyl halides is 4. The maximum Gasteiger partial charge on any atom is 0.321 e. The summed E-state index contributed by atoms with van der Waals surface area (Å²) in [5, 5.41) is 2.61. The first-order valence-corrected chi connectivity index (χ1v) is 20.4. The van der Waals surface area contributed by atoms with Crippen LogP contribution in [0.25, 0.3) is 0 Å². The van der Waals surface area contributed by atoms with Crippen molar-refractivity contribution in [3.05, 3.63) is 60.2 Å². The Hall–Kier alpha value is -3.98. The molecule has 1 N–H and O–H groups in total. The van der Waals surface area contributed by atoms with E-state index in [-0.39, 0.29) is 31.0 Å². The average molecular weight is 940 g/mol. The van der Waals surface area contributed by atoms with Crippen LogP contribution in [-0.2, 0) is 71.4 Å². The van der Waals surface area contributed by atoms with Gasteiger partial charge in [0.15, 0.2) is 30.9 Å². The minimum absolute atomic E-state index is 0.123. The molecule has 0 spiro atoms. The number of hydrogen-bond acceptors (Lipinski definition) is 17. The Bertz CT molecular complexity index is 1850. The van der Waals surface area contributed by atoms with Crippen LogP contribution in [-0.4, -0.2) is 127 Å². The zero-order chi connectivity index (χ0) is 44.4. The topological polar surface area (TPSA) is 216 Å². The number of methoxy groups -OCH3 is 1. The molecule has 3 aliphatic rings. The van der Waals surface area contributed by atoms with Gasteiger partial charge in [0.1, 0.15) is 60.2 Å². The minimum Gasteiger partial charge on any atom is -0.497 e. The Kier molecular flexibility index (Phi) is 17.2. The van der Waals surface area contributed by atoms with Gasteiger partial charge >= 0.3 is 23.9 Å². The number of ether oxygens (including phenoxy) is 11. The molecule has 3 heterocycles. The molecule has 22 heteroatoms. The summed E-state index contributed by atoms with van der Waals surface area (Å²) in [5.41, 5.74) is 0.593. The van der Waals surface area contributed by atoms with Crippen LogP contribution in [0.1, 0.15) is 45.5 Å². The molecule has 0 saturated carbocycles. The van der Waals surface area contributed by atoms with Crippen LogP contribution < -0.4 is 14.8 Å². The predicted molar refractivity (Wildman–Crippen MR) is 211 cm³/mol. The first-order chi connectivity index (χ1) is 29.0. The number of benzene rings is 2. The number of Topliss-reactive ketones (excluding diaryl/α,β-unsaturated/α-hetero) is 1. The van der Waals surface area contributed by atoms with Crippen LogP contribution in [0.2, 0.25) is 0 Å². The van der Waals surface area contributed by atoms with Crippen molar-refractivity contribution in [1.82, 2.24) is 5.32 Å². The quantitative estimate of drug-likeness (QED) is 0.144. The van der Waals surface area contributed by atoms with Gasteiger partial charge in [-0.3, -0.25) is 24.0 Å². The Morgan fingerprint density at radius 1 is 0.754 bits per heavy atom. The van der Waals surface area contributed by atoms with Crippen LogP contribution >= 0.6 is 46.4 Å². The summed E-state index contributed by atoms with van der Waals surface area (Å²) in [6, 6.07) is 13.7. The molecule has 0 aromatic heterocycles. The van der Waals surface area contributed by atoms with Crippen LogP contribution in [0.5, 0.6) is 11.5 Å². The molecule has 0 bridgehead atoms. The van der Waals surface area contributed by atoms with Gasteiger partial charge in [-0.15, -0.1) is 11.6 Å². The highest BCUT2D eigenvalue weighted by molar-refractivity contribution is 6.76. The van der Waals surface area contributed by atoms with Crippen LogP contribution in [0.4, 0.5) is 0 Å². The zero-order valence-electron chi connectivity index (χ0n) is 33.0. The van der Waals surface area contributed by atoms with E-state index < -0.39 is 114 Å². The van der Waals surface area contributed by atoms with E-state index in [0.29, 0.717) is 11.3 Å². The monoisotopic (exact) mass is 937 g/mol. The predicted octanol–water partition coefficient (Wildman–Crippen LogP) is 3.80. The molecule has 5 rings (SSSR count). The van der Waals surface area contributed by atoms with Crippen molar-refractivity contribution in [3.63, 3.8) is 0 Å². The van der Waals surface area contributed by atoms with Crippen molar-refractivity contribution in [1.29, 1.82) is 0 Å². The van der Waals surface area contributed by atoms with Gasteiger partial charge in [0.2, 0.25) is 6.29 Å². The highest BCUT2D eigenvalue weighted by Crippen LogP contribution is 2.40.